The number of hydrogen-bond donors (Lipinski definition) is 1. The van der Waals surface area contributed by atoms with Crippen LogP contribution in [-0.2, 0) is 0 Å². The topological polar surface area (TPSA) is 18.5 Å². The highest BCUT2D eigenvalue weighted by Gasteiger charge is 2.27. The first-order chi connectivity index (χ1) is 10.3. The van der Waals surface area contributed by atoms with Gasteiger partial charge in [-0.2, -0.15) is 0 Å². The van der Waals surface area contributed by atoms with Gasteiger partial charge in [-0.05, 0) is 50.9 Å². The van der Waals surface area contributed by atoms with Crippen LogP contribution >= 0.6 is 11.6 Å². The number of rotatable bonds is 3. The Morgan fingerprint density at radius 1 is 1.05 bits per heavy atom. The minimum atomic E-state index is 0.744. The summed E-state index contributed by atoms with van der Waals surface area (Å²) in [4.78, 5) is 5.16. The highest BCUT2D eigenvalue weighted by atomic mass is 35.5. The highest BCUT2D eigenvalue weighted by molar-refractivity contribution is 6.30. The first-order valence-corrected chi connectivity index (χ1v) is 8.56. The van der Waals surface area contributed by atoms with E-state index in [1.165, 1.54) is 44.5 Å². The average Bonchev–Trinajstić information content (AvgIpc) is 2.55. The van der Waals surface area contributed by atoms with Crippen LogP contribution in [-0.4, -0.2) is 50.2 Å². The van der Waals surface area contributed by atoms with E-state index in [1.807, 2.05) is 12.1 Å². The highest BCUT2D eigenvalue weighted by Crippen LogP contribution is 2.26. The van der Waals surface area contributed by atoms with Crippen LogP contribution in [0.25, 0.3) is 0 Å². The molecule has 3 nitrogen and oxygen atoms in total. The van der Waals surface area contributed by atoms with Crippen LogP contribution < -0.4 is 10.2 Å². The second-order valence-corrected chi connectivity index (χ2v) is 6.73. The summed E-state index contributed by atoms with van der Waals surface area (Å²) in [7, 11) is 2.09. The molecule has 4 heteroatoms. The van der Waals surface area contributed by atoms with Crippen LogP contribution in [0.3, 0.4) is 0 Å². The number of piperazine rings is 1. The van der Waals surface area contributed by atoms with E-state index in [0.29, 0.717) is 0 Å². The third-order valence-electron chi connectivity index (χ3n) is 5.11. The molecule has 1 aromatic carbocycles. The van der Waals surface area contributed by atoms with E-state index in [0.717, 1.165) is 30.2 Å². The summed E-state index contributed by atoms with van der Waals surface area (Å²) < 4.78 is 0. The van der Waals surface area contributed by atoms with Gasteiger partial charge in [0.15, 0.2) is 0 Å². The lowest BCUT2D eigenvalue weighted by atomic mass is 9.90. The van der Waals surface area contributed by atoms with Crippen molar-refractivity contribution in [2.45, 2.75) is 37.8 Å². The Labute approximate surface area is 133 Å². The number of halogens is 1. The third kappa shape index (κ3) is 3.71. The molecule has 1 heterocycles. The maximum Gasteiger partial charge on any atom is 0.0426 e. The largest absolute Gasteiger partial charge is 0.369 e. The molecule has 1 N–H and O–H groups in total. The van der Waals surface area contributed by atoms with Gasteiger partial charge in [0.05, 0.1) is 0 Å². The zero-order valence-electron chi connectivity index (χ0n) is 12.9. The molecule has 3 rings (SSSR count). The molecular formula is C17H26ClN3. The van der Waals surface area contributed by atoms with Crippen LogP contribution in [0.5, 0.6) is 0 Å². The van der Waals surface area contributed by atoms with E-state index in [-0.39, 0.29) is 0 Å². The summed E-state index contributed by atoms with van der Waals surface area (Å²) in [5, 5.41) is 4.26. The van der Waals surface area contributed by atoms with Crippen molar-refractivity contribution in [1.29, 1.82) is 0 Å². The Morgan fingerprint density at radius 2 is 1.76 bits per heavy atom. The van der Waals surface area contributed by atoms with E-state index in [2.05, 4.69) is 34.3 Å². The average molecular weight is 308 g/mol. The predicted molar refractivity (Wildman–Crippen MR) is 90.3 cm³/mol. The molecule has 2 fully saturated rings. The summed E-state index contributed by atoms with van der Waals surface area (Å²) >= 11 is 6.10. The van der Waals surface area contributed by atoms with Gasteiger partial charge < -0.3 is 10.2 Å². The fraction of sp³-hybridized carbons (Fsp3) is 0.647. The summed E-state index contributed by atoms with van der Waals surface area (Å²) in [6.45, 7) is 4.60. The lowest BCUT2D eigenvalue weighted by Crippen LogP contribution is -2.52. The molecule has 0 amide bonds. The van der Waals surface area contributed by atoms with Crippen molar-refractivity contribution in [2.24, 2.45) is 0 Å². The Hall–Kier alpha value is -0.770. The second-order valence-electron chi connectivity index (χ2n) is 6.30. The number of nitrogens with one attached hydrogen (secondary N) is 1. The molecule has 1 aliphatic heterocycles. The zero-order chi connectivity index (χ0) is 14.7. The van der Waals surface area contributed by atoms with Gasteiger partial charge in [0.1, 0.15) is 0 Å². The molecule has 1 aliphatic carbocycles. The van der Waals surface area contributed by atoms with Gasteiger partial charge in [-0.15, -0.1) is 0 Å². The van der Waals surface area contributed by atoms with Crippen LogP contribution in [0.1, 0.15) is 25.7 Å². The lowest BCUT2D eigenvalue weighted by Gasteiger charge is -2.42. The molecule has 2 aliphatic rings. The predicted octanol–water partition coefficient (Wildman–Crippen LogP) is 2.99. The SMILES string of the molecule is CNC1CCC(N2CCN(c3cccc(Cl)c3)CC2)CC1. The normalized spacial score (nSPS) is 27.8. The van der Waals surface area contributed by atoms with Gasteiger partial charge in [-0.3, -0.25) is 4.90 Å². The third-order valence-corrected chi connectivity index (χ3v) is 5.34. The summed E-state index contributed by atoms with van der Waals surface area (Å²) in [5.41, 5.74) is 1.26. The van der Waals surface area contributed by atoms with Crippen molar-refractivity contribution in [3.8, 4) is 0 Å². The first kappa shape index (κ1) is 15.1. The van der Waals surface area contributed by atoms with E-state index in [4.69, 9.17) is 11.6 Å². The van der Waals surface area contributed by atoms with Crippen molar-refractivity contribution in [3.05, 3.63) is 29.3 Å². The van der Waals surface area contributed by atoms with E-state index in [1.54, 1.807) is 0 Å². The fourth-order valence-electron chi connectivity index (χ4n) is 3.75. The molecule has 0 unspecified atom stereocenters. The monoisotopic (exact) mass is 307 g/mol. The first-order valence-electron chi connectivity index (χ1n) is 8.18. The number of nitrogens with zero attached hydrogens (tertiary/aromatic N) is 2. The Bertz CT molecular complexity index is 449. The van der Waals surface area contributed by atoms with Gasteiger partial charge >= 0.3 is 0 Å². The molecular weight excluding hydrogens is 282 g/mol. The summed E-state index contributed by atoms with van der Waals surface area (Å²) in [6.07, 6.45) is 5.36. The molecule has 1 saturated heterocycles. The van der Waals surface area contributed by atoms with E-state index < -0.39 is 0 Å². The maximum absolute atomic E-state index is 6.10. The van der Waals surface area contributed by atoms with E-state index in [9.17, 15) is 0 Å². The van der Waals surface area contributed by atoms with Crippen molar-refractivity contribution >= 4 is 17.3 Å². The van der Waals surface area contributed by atoms with Crippen molar-refractivity contribution < 1.29 is 0 Å². The molecule has 0 atom stereocenters. The molecule has 0 radical (unpaired) electrons. The molecule has 1 saturated carbocycles. The summed E-state index contributed by atoms with van der Waals surface area (Å²) in [6, 6.07) is 9.78. The van der Waals surface area contributed by atoms with Crippen LogP contribution in [0, 0.1) is 0 Å². The maximum atomic E-state index is 6.10. The van der Waals surface area contributed by atoms with Gasteiger partial charge in [0.2, 0.25) is 0 Å². The number of anilines is 1. The van der Waals surface area contributed by atoms with Crippen LogP contribution in [0.4, 0.5) is 5.69 Å². The number of hydrogen-bond acceptors (Lipinski definition) is 3. The number of benzene rings is 1. The minimum absolute atomic E-state index is 0.744. The molecule has 21 heavy (non-hydrogen) atoms. The zero-order valence-corrected chi connectivity index (χ0v) is 13.6. The van der Waals surface area contributed by atoms with Gasteiger partial charge in [0.25, 0.3) is 0 Å². The van der Waals surface area contributed by atoms with Gasteiger partial charge in [0, 0.05) is 49.0 Å². The quantitative estimate of drug-likeness (QED) is 0.926. The molecule has 0 bridgehead atoms. The van der Waals surface area contributed by atoms with Crippen molar-refractivity contribution in [1.82, 2.24) is 10.2 Å². The second kappa shape index (κ2) is 6.99. The Kier molecular flexibility index (Phi) is 5.04. The van der Waals surface area contributed by atoms with Gasteiger partial charge in [-0.25, -0.2) is 0 Å². The standard InChI is InChI=1S/C17H26ClN3/c1-19-15-5-7-16(8-6-15)20-9-11-21(12-10-20)17-4-2-3-14(18)13-17/h2-4,13,15-16,19H,5-12H2,1H3. The molecule has 0 aromatic heterocycles. The minimum Gasteiger partial charge on any atom is -0.369 e. The Balaban J connectivity index is 1.51. The lowest BCUT2D eigenvalue weighted by molar-refractivity contribution is 0.137. The van der Waals surface area contributed by atoms with Crippen LogP contribution in [0.2, 0.25) is 5.02 Å². The Morgan fingerprint density at radius 3 is 2.38 bits per heavy atom. The van der Waals surface area contributed by atoms with Crippen molar-refractivity contribution in [2.75, 3.05) is 38.1 Å². The fourth-order valence-corrected chi connectivity index (χ4v) is 3.93. The van der Waals surface area contributed by atoms with Gasteiger partial charge in [-0.1, -0.05) is 17.7 Å². The smallest absolute Gasteiger partial charge is 0.0426 e. The van der Waals surface area contributed by atoms with E-state index >= 15 is 0 Å². The van der Waals surface area contributed by atoms with Crippen molar-refractivity contribution in [3.63, 3.8) is 0 Å². The molecule has 0 spiro atoms. The molecule has 1 aromatic rings. The van der Waals surface area contributed by atoms with Crippen LogP contribution in [0.15, 0.2) is 24.3 Å². The molecule has 116 valence electrons. The summed E-state index contributed by atoms with van der Waals surface area (Å²) in [5.74, 6) is 0.